The molecule has 0 amide bonds. The van der Waals surface area contributed by atoms with Crippen LogP contribution in [0.15, 0.2) is 12.3 Å². The van der Waals surface area contributed by atoms with Crippen LogP contribution in [0.25, 0.3) is 0 Å². The molecule has 0 aliphatic heterocycles. The lowest BCUT2D eigenvalue weighted by Crippen LogP contribution is -2.14. The summed E-state index contributed by atoms with van der Waals surface area (Å²) >= 11 is 0. The van der Waals surface area contributed by atoms with Gasteiger partial charge in [0.25, 0.3) is 6.29 Å². The van der Waals surface area contributed by atoms with Crippen molar-refractivity contribution in [2.45, 2.75) is 0 Å². The first-order valence-corrected chi connectivity index (χ1v) is 3.45. The number of hydrogen-bond donors (Lipinski definition) is 0. The fraction of sp³-hybridized carbons (Fsp3) is 0.500. The average molecular weight is 172 g/mol. The molecule has 0 saturated carbocycles. The van der Waals surface area contributed by atoms with Crippen molar-refractivity contribution in [2.24, 2.45) is 0 Å². The highest BCUT2D eigenvalue weighted by molar-refractivity contribution is 5.98. The van der Waals surface area contributed by atoms with Crippen molar-refractivity contribution in [2.75, 3.05) is 28.3 Å². The highest BCUT2D eigenvalue weighted by Gasteiger charge is 2.15. The summed E-state index contributed by atoms with van der Waals surface area (Å²) in [7, 11) is 6.42. The minimum Gasteiger partial charge on any atom is -0.383 e. The van der Waals surface area contributed by atoms with Crippen LogP contribution in [0, 0.1) is 6.29 Å². The summed E-state index contributed by atoms with van der Waals surface area (Å²) < 4.78 is 9.34. The third kappa shape index (κ3) is 4.10. The van der Waals surface area contributed by atoms with Crippen molar-refractivity contribution in [1.82, 2.24) is 4.90 Å². The standard InChI is InChI=1S/C8H14NO3/c1-9(2)6-5-7(10)8(11-3)12-4/h5-6H,1-4H3. The van der Waals surface area contributed by atoms with Gasteiger partial charge in [0, 0.05) is 40.6 Å². The van der Waals surface area contributed by atoms with Gasteiger partial charge in [0.05, 0.1) is 0 Å². The second-order valence-corrected chi connectivity index (χ2v) is 2.34. The molecule has 4 nitrogen and oxygen atoms in total. The van der Waals surface area contributed by atoms with Crippen LogP contribution in [0.2, 0.25) is 0 Å². The molecule has 0 aliphatic carbocycles. The summed E-state index contributed by atoms with van der Waals surface area (Å²) in [6.07, 6.45) is 3.00. The second kappa shape index (κ2) is 5.74. The molecule has 0 aromatic carbocycles. The number of hydrogen-bond acceptors (Lipinski definition) is 4. The lowest BCUT2D eigenvalue weighted by molar-refractivity contribution is -0.128. The van der Waals surface area contributed by atoms with Crippen molar-refractivity contribution >= 4 is 5.78 Å². The van der Waals surface area contributed by atoms with Crippen molar-refractivity contribution in [3.63, 3.8) is 0 Å². The summed E-state index contributed by atoms with van der Waals surface area (Å²) in [4.78, 5) is 12.9. The normalized spacial score (nSPS) is 11.1. The predicted octanol–water partition coefficient (Wildman–Crippen LogP) is 0.413. The van der Waals surface area contributed by atoms with Gasteiger partial charge in [-0.2, -0.15) is 0 Å². The maximum atomic E-state index is 11.1. The quantitative estimate of drug-likeness (QED) is 0.563. The summed E-state index contributed by atoms with van der Waals surface area (Å²) in [5.74, 6) is -0.284. The Bertz CT molecular complexity index is 162. The van der Waals surface area contributed by atoms with E-state index in [9.17, 15) is 4.79 Å². The number of ether oxygens (including phenoxy) is 2. The monoisotopic (exact) mass is 172 g/mol. The lowest BCUT2D eigenvalue weighted by atomic mass is 10.3. The van der Waals surface area contributed by atoms with E-state index in [1.807, 2.05) is 14.1 Å². The third-order valence-corrected chi connectivity index (χ3v) is 1.10. The number of ketones is 1. The van der Waals surface area contributed by atoms with Crippen LogP contribution in [0.1, 0.15) is 0 Å². The molecule has 0 N–H and O–H groups in total. The summed E-state index contributed by atoms with van der Waals surface area (Å²) in [5.41, 5.74) is 0. The Labute approximate surface area is 72.8 Å². The molecule has 0 aliphatic rings. The molecule has 69 valence electrons. The number of carbonyl (C=O) groups is 1. The molecule has 0 saturated heterocycles. The summed E-state index contributed by atoms with van der Waals surface area (Å²) in [6, 6.07) is 0. The molecule has 0 aromatic heterocycles. The van der Waals surface area contributed by atoms with Crippen molar-refractivity contribution in [1.29, 1.82) is 0 Å². The van der Waals surface area contributed by atoms with Crippen molar-refractivity contribution in [3.05, 3.63) is 18.6 Å². The molecule has 0 heterocycles. The smallest absolute Gasteiger partial charge is 0.297 e. The predicted molar refractivity (Wildman–Crippen MR) is 45.1 cm³/mol. The molecule has 0 bridgehead atoms. The largest absolute Gasteiger partial charge is 0.383 e. The zero-order valence-electron chi connectivity index (χ0n) is 7.83. The topological polar surface area (TPSA) is 38.8 Å². The Morgan fingerprint density at radius 2 is 1.75 bits per heavy atom. The van der Waals surface area contributed by atoms with Gasteiger partial charge in [-0.05, 0) is 0 Å². The lowest BCUT2D eigenvalue weighted by Gasteiger charge is -2.07. The maximum Gasteiger partial charge on any atom is 0.297 e. The molecule has 0 aromatic rings. The van der Waals surface area contributed by atoms with Gasteiger partial charge in [-0.1, -0.05) is 0 Å². The Kier molecular flexibility index (Phi) is 5.32. The Morgan fingerprint density at radius 1 is 1.25 bits per heavy atom. The number of carbonyl (C=O) groups excluding carboxylic acids is 1. The molecule has 0 unspecified atom stereocenters. The Morgan fingerprint density at radius 3 is 2.08 bits per heavy atom. The summed E-state index contributed by atoms with van der Waals surface area (Å²) in [6.45, 7) is 0. The van der Waals surface area contributed by atoms with E-state index in [1.54, 1.807) is 11.1 Å². The molecule has 0 atom stereocenters. The van der Waals surface area contributed by atoms with Gasteiger partial charge in [-0.3, -0.25) is 4.79 Å². The van der Waals surface area contributed by atoms with E-state index in [1.165, 1.54) is 20.3 Å². The van der Waals surface area contributed by atoms with E-state index in [2.05, 4.69) is 9.47 Å². The maximum absolute atomic E-state index is 11.1. The molecule has 4 heteroatoms. The van der Waals surface area contributed by atoms with Crippen LogP contribution >= 0.6 is 0 Å². The molecular formula is C8H14NO3. The van der Waals surface area contributed by atoms with Crippen LogP contribution in [0.4, 0.5) is 0 Å². The second-order valence-electron chi connectivity index (χ2n) is 2.34. The van der Waals surface area contributed by atoms with Crippen molar-refractivity contribution in [3.8, 4) is 0 Å². The Hall–Kier alpha value is -0.870. The fourth-order valence-corrected chi connectivity index (χ4v) is 0.569. The highest BCUT2D eigenvalue weighted by Crippen LogP contribution is 2.03. The SMILES string of the molecule is CO[C](OC)C(=O)C=CN(C)C. The van der Waals surface area contributed by atoms with Gasteiger partial charge in [0.15, 0.2) is 0 Å². The average Bonchev–Trinajstić information content (AvgIpc) is 2.03. The zero-order valence-corrected chi connectivity index (χ0v) is 7.83. The van der Waals surface area contributed by atoms with Crippen molar-refractivity contribution < 1.29 is 14.3 Å². The van der Waals surface area contributed by atoms with E-state index in [0.717, 1.165) is 0 Å². The molecule has 0 fully saturated rings. The summed E-state index contributed by atoms with van der Waals surface area (Å²) in [5, 5.41) is 0. The zero-order chi connectivity index (χ0) is 9.56. The highest BCUT2D eigenvalue weighted by atomic mass is 16.7. The molecule has 12 heavy (non-hydrogen) atoms. The van der Waals surface area contributed by atoms with E-state index in [-0.39, 0.29) is 12.1 Å². The van der Waals surface area contributed by atoms with E-state index < -0.39 is 0 Å². The first kappa shape index (κ1) is 11.1. The number of methoxy groups -OCH3 is 2. The van der Waals surface area contributed by atoms with Crippen LogP contribution in [0.3, 0.4) is 0 Å². The minimum atomic E-state index is -0.284. The number of nitrogens with zero attached hydrogens (tertiary/aromatic N) is 1. The van der Waals surface area contributed by atoms with Gasteiger partial charge in [-0.25, -0.2) is 0 Å². The Balaban J connectivity index is 4.01. The van der Waals surface area contributed by atoms with Gasteiger partial charge < -0.3 is 14.4 Å². The van der Waals surface area contributed by atoms with Gasteiger partial charge in [-0.15, -0.1) is 0 Å². The first-order valence-electron chi connectivity index (χ1n) is 3.45. The van der Waals surface area contributed by atoms with Crippen LogP contribution in [0.5, 0.6) is 0 Å². The van der Waals surface area contributed by atoms with E-state index >= 15 is 0 Å². The van der Waals surface area contributed by atoms with Gasteiger partial charge in [0.1, 0.15) is 0 Å². The van der Waals surface area contributed by atoms with Gasteiger partial charge >= 0.3 is 0 Å². The fourth-order valence-electron chi connectivity index (χ4n) is 0.569. The van der Waals surface area contributed by atoms with Gasteiger partial charge in [0.2, 0.25) is 5.78 Å². The first-order chi connectivity index (χ1) is 5.61. The van der Waals surface area contributed by atoms with Crippen LogP contribution in [-0.2, 0) is 14.3 Å². The minimum absolute atomic E-state index is 0.00639. The third-order valence-electron chi connectivity index (χ3n) is 1.10. The van der Waals surface area contributed by atoms with Crippen LogP contribution < -0.4 is 0 Å². The number of rotatable bonds is 5. The van der Waals surface area contributed by atoms with E-state index in [0.29, 0.717) is 0 Å². The molecule has 0 rings (SSSR count). The molecule has 1 radical (unpaired) electrons. The molecular weight excluding hydrogens is 158 g/mol. The van der Waals surface area contributed by atoms with Crippen LogP contribution in [-0.4, -0.2) is 39.0 Å². The molecule has 0 spiro atoms. The van der Waals surface area contributed by atoms with E-state index in [4.69, 9.17) is 0 Å².